The average molecular weight is 88.1 g/mol. The lowest BCUT2D eigenvalue weighted by Gasteiger charge is -1.94. The average Bonchev–Trinajstić information content (AvgIpc) is 1.35. The second kappa shape index (κ2) is 3.12. The number of aliphatic hydroxyl groups is 2. The quantitative estimate of drug-likeness (QED) is 0.502. The molecule has 1 atom stereocenters. The topological polar surface area (TPSA) is 40.5 Å². The van der Waals surface area contributed by atoms with E-state index in [0.29, 0.717) is 0 Å². The summed E-state index contributed by atoms with van der Waals surface area (Å²) < 4.78 is 0. The molecular weight excluding hydrogens is 80.0 g/mol. The maximum Gasteiger partial charge on any atom is 0.0824 e. The van der Waals surface area contributed by atoms with E-state index in [1.807, 2.05) is 0 Å². The van der Waals surface area contributed by atoms with Gasteiger partial charge in [0.2, 0.25) is 0 Å². The summed E-state index contributed by atoms with van der Waals surface area (Å²) in [6.45, 7) is 4.08. The molecule has 0 saturated carbocycles. The van der Waals surface area contributed by atoms with E-state index in [2.05, 4.69) is 6.92 Å². The molecule has 0 spiro atoms. The summed E-state index contributed by atoms with van der Waals surface area (Å²) in [5, 5.41) is 16.2. The van der Waals surface area contributed by atoms with Gasteiger partial charge in [-0.15, -0.1) is 0 Å². The second-order valence-corrected chi connectivity index (χ2v) is 1.07. The zero-order chi connectivity index (χ0) is 4.99. The monoisotopic (exact) mass is 88.1 g/mol. The van der Waals surface area contributed by atoms with Crippen LogP contribution in [0.1, 0.15) is 6.42 Å². The third kappa shape index (κ3) is 3.92. The lowest BCUT2D eigenvalue weighted by molar-refractivity contribution is 0.196. The molecule has 0 saturated heterocycles. The van der Waals surface area contributed by atoms with Crippen LogP contribution in [0.15, 0.2) is 0 Å². The minimum Gasteiger partial charge on any atom is -0.393 e. The molecule has 0 aliphatic rings. The van der Waals surface area contributed by atoms with E-state index in [1.165, 1.54) is 0 Å². The fourth-order valence-corrected chi connectivity index (χ4v) is 0.122. The third-order valence-electron chi connectivity index (χ3n) is 0.377. The van der Waals surface area contributed by atoms with Crippen molar-refractivity contribution < 1.29 is 10.2 Å². The van der Waals surface area contributed by atoms with Crippen molar-refractivity contribution in [1.29, 1.82) is 0 Å². The highest BCUT2D eigenvalue weighted by Crippen LogP contribution is 1.87. The van der Waals surface area contributed by atoms with E-state index in [1.54, 1.807) is 0 Å². The molecule has 2 radical (unpaired) electrons. The summed E-state index contributed by atoms with van der Waals surface area (Å²) in [6, 6.07) is 0. The summed E-state index contributed by atoms with van der Waals surface area (Å²) in [7, 11) is 0. The van der Waals surface area contributed by atoms with Crippen molar-refractivity contribution in [1.82, 2.24) is 0 Å². The van der Waals surface area contributed by atoms with Crippen molar-refractivity contribution in [2.45, 2.75) is 12.5 Å². The van der Waals surface area contributed by atoms with Crippen LogP contribution in [0.25, 0.3) is 0 Å². The Morgan fingerprint density at radius 2 is 2.33 bits per heavy atom. The van der Waals surface area contributed by atoms with Gasteiger partial charge in [0.05, 0.1) is 12.7 Å². The second-order valence-electron chi connectivity index (χ2n) is 1.07. The predicted octanol–water partition coefficient (Wildman–Crippen LogP) is 0.106. The fourth-order valence-electron chi connectivity index (χ4n) is 0.122. The minimum atomic E-state index is -0.657. The zero-order valence-electron chi connectivity index (χ0n) is 3.46. The predicted molar refractivity (Wildman–Crippen MR) is 22.2 cm³/mol. The number of hydrogen-bond donors (Lipinski definition) is 2. The van der Waals surface area contributed by atoms with Gasteiger partial charge in [-0.1, -0.05) is 0 Å². The Labute approximate surface area is 37.4 Å². The van der Waals surface area contributed by atoms with E-state index in [9.17, 15) is 0 Å². The molecule has 36 valence electrons. The van der Waals surface area contributed by atoms with Crippen molar-refractivity contribution in [2.24, 2.45) is 0 Å². The van der Waals surface area contributed by atoms with Crippen LogP contribution in [-0.4, -0.2) is 16.3 Å². The third-order valence-corrected chi connectivity index (χ3v) is 0.377. The van der Waals surface area contributed by atoms with Crippen LogP contribution in [0.4, 0.5) is 0 Å². The van der Waals surface area contributed by atoms with Crippen molar-refractivity contribution >= 4 is 0 Å². The number of hydrogen-bond acceptors (Lipinski definition) is 2. The Bertz CT molecular complexity index is 26.7. The largest absolute Gasteiger partial charge is 0.393 e. The van der Waals surface area contributed by atoms with Gasteiger partial charge < -0.3 is 10.2 Å². The van der Waals surface area contributed by atoms with E-state index >= 15 is 0 Å². The summed E-state index contributed by atoms with van der Waals surface area (Å²) in [6.07, 6.45) is -0.407. The van der Waals surface area contributed by atoms with Gasteiger partial charge >= 0.3 is 0 Å². The minimum absolute atomic E-state index is 0.250. The van der Waals surface area contributed by atoms with Gasteiger partial charge in [0.25, 0.3) is 0 Å². The standard InChI is InChI=1S/C4H8O2/c1-4(6)2-3-5/h3-6H,1-2H2. The van der Waals surface area contributed by atoms with Crippen LogP contribution in [0, 0.1) is 13.5 Å². The highest BCUT2D eigenvalue weighted by Gasteiger charge is 1.89. The van der Waals surface area contributed by atoms with Crippen LogP contribution >= 0.6 is 0 Å². The van der Waals surface area contributed by atoms with Gasteiger partial charge in [-0.25, -0.2) is 0 Å². The zero-order valence-corrected chi connectivity index (χ0v) is 3.46. The van der Waals surface area contributed by atoms with E-state index < -0.39 is 6.10 Å². The Morgan fingerprint density at radius 1 is 1.83 bits per heavy atom. The maximum atomic E-state index is 8.25. The molecule has 0 aliphatic carbocycles. The van der Waals surface area contributed by atoms with Crippen molar-refractivity contribution in [3.8, 4) is 0 Å². The van der Waals surface area contributed by atoms with Gasteiger partial charge in [0.1, 0.15) is 0 Å². The fraction of sp³-hybridized carbons (Fsp3) is 0.500. The molecule has 0 aliphatic heterocycles. The SMILES string of the molecule is [CH2]C(O)C[CH]O. The van der Waals surface area contributed by atoms with Gasteiger partial charge in [0.15, 0.2) is 0 Å². The lowest BCUT2D eigenvalue weighted by Crippen LogP contribution is -1.98. The van der Waals surface area contributed by atoms with Gasteiger partial charge in [-0.2, -0.15) is 0 Å². The Balaban J connectivity index is 2.63. The molecule has 1 unspecified atom stereocenters. The van der Waals surface area contributed by atoms with Crippen LogP contribution in [0.3, 0.4) is 0 Å². The molecule has 0 rings (SSSR count). The molecule has 0 heterocycles. The number of aliphatic hydroxyl groups excluding tert-OH is 2. The van der Waals surface area contributed by atoms with E-state index in [0.717, 1.165) is 6.61 Å². The van der Waals surface area contributed by atoms with E-state index in [4.69, 9.17) is 10.2 Å². The Kier molecular flexibility index (Phi) is 3.08. The summed E-state index contributed by atoms with van der Waals surface area (Å²) in [4.78, 5) is 0. The first-order valence-corrected chi connectivity index (χ1v) is 1.74. The number of rotatable bonds is 2. The maximum absolute atomic E-state index is 8.25. The molecule has 0 bridgehead atoms. The van der Waals surface area contributed by atoms with Crippen molar-refractivity contribution in [2.75, 3.05) is 0 Å². The molecule has 0 aromatic heterocycles. The molecule has 0 aromatic carbocycles. The first-order valence-electron chi connectivity index (χ1n) is 1.74. The molecule has 0 aromatic rings. The lowest BCUT2D eigenvalue weighted by atomic mass is 10.3. The molecule has 0 fully saturated rings. The summed E-state index contributed by atoms with van der Waals surface area (Å²) in [5.74, 6) is 0. The molecule has 2 N–H and O–H groups in total. The van der Waals surface area contributed by atoms with Crippen LogP contribution in [-0.2, 0) is 0 Å². The van der Waals surface area contributed by atoms with Crippen LogP contribution in [0.2, 0.25) is 0 Å². The van der Waals surface area contributed by atoms with Crippen LogP contribution < -0.4 is 0 Å². The van der Waals surface area contributed by atoms with Crippen molar-refractivity contribution in [3.05, 3.63) is 13.5 Å². The smallest absolute Gasteiger partial charge is 0.0824 e. The molecule has 0 amide bonds. The molecule has 2 heteroatoms. The molecular formula is C4H8O2. The first kappa shape index (κ1) is 5.92. The summed E-state index contributed by atoms with van der Waals surface area (Å²) in [5.41, 5.74) is 0. The highest BCUT2D eigenvalue weighted by atomic mass is 16.3. The summed E-state index contributed by atoms with van der Waals surface area (Å²) >= 11 is 0. The van der Waals surface area contributed by atoms with Crippen LogP contribution in [0.5, 0.6) is 0 Å². The molecule has 6 heavy (non-hydrogen) atoms. The van der Waals surface area contributed by atoms with Gasteiger partial charge in [-0.3, -0.25) is 0 Å². The van der Waals surface area contributed by atoms with Gasteiger partial charge in [0, 0.05) is 6.42 Å². The molecule has 2 nitrogen and oxygen atoms in total. The Hall–Kier alpha value is -0.0800. The van der Waals surface area contributed by atoms with Gasteiger partial charge in [-0.05, 0) is 6.92 Å². The highest BCUT2D eigenvalue weighted by molar-refractivity contribution is 4.60. The van der Waals surface area contributed by atoms with E-state index in [-0.39, 0.29) is 6.42 Å². The normalized spacial score (nSPS) is 14.5. The Morgan fingerprint density at radius 3 is 2.33 bits per heavy atom. The van der Waals surface area contributed by atoms with Crippen molar-refractivity contribution in [3.63, 3.8) is 0 Å². The first-order chi connectivity index (χ1) is 2.77.